The van der Waals surface area contributed by atoms with Crippen molar-refractivity contribution >= 4 is 24.0 Å². The van der Waals surface area contributed by atoms with Crippen molar-refractivity contribution in [2.24, 2.45) is 0 Å². The van der Waals surface area contributed by atoms with Gasteiger partial charge in [-0.15, -0.1) is 0 Å². The van der Waals surface area contributed by atoms with Crippen molar-refractivity contribution in [1.82, 2.24) is 0 Å². The van der Waals surface area contributed by atoms with Crippen LogP contribution in [0.5, 0.6) is 17.2 Å². The van der Waals surface area contributed by atoms with E-state index in [0.29, 0.717) is 22.6 Å². The second-order valence-corrected chi connectivity index (χ2v) is 12.2. The topological polar surface area (TPSA) is 69.3 Å². The molecule has 0 radical (unpaired) electrons. The monoisotopic (exact) mass is 538 g/mol. The third-order valence-corrected chi connectivity index (χ3v) is 9.74. The molecule has 7 nitrogen and oxygen atoms in total. The first-order valence-electron chi connectivity index (χ1n) is 13.1. The van der Waals surface area contributed by atoms with Gasteiger partial charge < -0.3 is 29.0 Å². The van der Waals surface area contributed by atoms with Crippen molar-refractivity contribution in [1.29, 1.82) is 0 Å². The van der Waals surface area contributed by atoms with E-state index in [1.165, 1.54) is 6.42 Å². The molecule has 1 aliphatic carbocycles. The molecule has 1 fully saturated rings. The Balaban J connectivity index is 1.90. The summed E-state index contributed by atoms with van der Waals surface area (Å²) in [5, 5.41) is 4.21. The first kappa shape index (κ1) is 27.9. The molecule has 0 heterocycles. The maximum atomic E-state index is 15.4. The molecule has 4 rings (SSSR count). The number of hydrogen-bond acceptors (Lipinski definition) is 7. The van der Waals surface area contributed by atoms with Crippen LogP contribution in [0.3, 0.4) is 0 Å². The van der Waals surface area contributed by atoms with Crippen LogP contribution in [-0.4, -0.2) is 41.5 Å². The van der Waals surface area contributed by atoms with Gasteiger partial charge in [-0.1, -0.05) is 37.5 Å². The van der Waals surface area contributed by atoms with Gasteiger partial charge in [-0.3, -0.25) is 4.57 Å². The highest BCUT2D eigenvalue weighted by molar-refractivity contribution is 7.67. The van der Waals surface area contributed by atoms with Crippen LogP contribution in [0.1, 0.15) is 43.5 Å². The summed E-state index contributed by atoms with van der Waals surface area (Å²) in [5.74, 6) is 0.768. The number of benzene rings is 3. The van der Waals surface area contributed by atoms with Gasteiger partial charge in [0, 0.05) is 30.8 Å². The molecule has 2 unspecified atom stereocenters. The third-order valence-electron chi connectivity index (χ3n) is 7.00. The van der Waals surface area contributed by atoms with Crippen molar-refractivity contribution in [3.63, 3.8) is 0 Å². The van der Waals surface area contributed by atoms with E-state index < -0.39 is 13.2 Å². The highest BCUT2D eigenvalue weighted by Gasteiger charge is 2.41. The third kappa shape index (κ3) is 6.11. The van der Waals surface area contributed by atoms with Gasteiger partial charge >= 0.3 is 0 Å². The van der Waals surface area contributed by atoms with Gasteiger partial charge in [0.1, 0.15) is 5.78 Å². The van der Waals surface area contributed by atoms with E-state index in [2.05, 4.69) is 5.32 Å². The normalized spacial score (nSPS) is 16.2. The fourth-order valence-electron chi connectivity index (χ4n) is 4.94. The van der Waals surface area contributed by atoms with E-state index in [4.69, 9.17) is 18.7 Å². The van der Waals surface area contributed by atoms with E-state index in [0.717, 1.165) is 42.6 Å². The predicted octanol–water partition coefficient (Wildman–Crippen LogP) is 6.84. The molecule has 2 atom stereocenters. The summed E-state index contributed by atoms with van der Waals surface area (Å²) in [4.78, 5) is 2.02. The Morgan fingerprint density at radius 2 is 1.45 bits per heavy atom. The summed E-state index contributed by atoms with van der Waals surface area (Å²) in [5.41, 5.74) is 2.58. The zero-order valence-corrected chi connectivity index (χ0v) is 23.9. The lowest BCUT2D eigenvalue weighted by Gasteiger charge is -2.34. The van der Waals surface area contributed by atoms with Gasteiger partial charge in [0.25, 0.3) is 7.37 Å². The number of rotatable bonds is 11. The van der Waals surface area contributed by atoms with Gasteiger partial charge in [0.2, 0.25) is 5.75 Å². The Labute approximate surface area is 226 Å². The summed E-state index contributed by atoms with van der Waals surface area (Å²) in [6.07, 6.45) is 5.04. The van der Waals surface area contributed by atoms with Crippen LogP contribution in [0.25, 0.3) is 0 Å². The lowest BCUT2D eigenvalue weighted by molar-refractivity contribution is 0.159. The number of nitrogens with zero attached hydrogens (tertiary/aromatic N) is 1. The number of nitrogens with one attached hydrogen (secondary N) is 1. The van der Waals surface area contributed by atoms with Crippen LogP contribution in [0.4, 0.5) is 11.4 Å². The highest BCUT2D eigenvalue weighted by Crippen LogP contribution is 2.61. The molecule has 0 aliphatic heterocycles. The van der Waals surface area contributed by atoms with Gasteiger partial charge in [0.15, 0.2) is 11.5 Å². The minimum absolute atomic E-state index is 0.0785. The largest absolute Gasteiger partial charge is 0.493 e. The lowest BCUT2D eigenvalue weighted by Crippen LogP contribution is -2.25. The predicted molar refractivity (Wildman–Crippen MR) is 155 cm³/mol. The molecule has 1 aliphatic rings. The van der Waals surface area contributed by atoms with Crippen molar-refractivity contribution in [2.75, 3.05) is 45.6 Å². The van der Waals surface area contributed by atoms with E-state index in [-0.39, 0.29) is 6.10 Å². The Morgan fingerprint density at radius 3 is 1.97 bits per heavy atom. The number of para-hydroxylation sites is 1. The number of hydrogen-bond donors (Lipinski definition) is 1. The highest BCUT2D eigenvalue weighted by atomic mass is 31.2. The van der Waals surface area contributed by atoms with Crippen LogP contribution in [-0.2, 0) is 9.09 Å². The molecule has 8 heteroatoms. The van der Waals surface area contributed by atoms with Gasteiger partial charge in [-0.2, -0.15) is 0 Å². The molecule has 38 heavy (non-hydrogen) atoms. The van der Waals surface area contributed by atoms with E-state index in [9.17, 15) is 0 Å². The number of anilines is 2. The summed E-state index contributed by atoms with van der Waals surface area (Å²) in [7, 11) is 5.16. The van der Waals surface area contributed by atoms with E-state index >= 15 is 4.57 Å². The molecule has 3 aromatic carbocycles. The quantitative estimate of drug-likeness (QED) is 0.268. The standard InChI is InChI=1S/C30H39N2O5P/c1-32(2)24-16-18-26(19-17-24)38(33,37-25-14-10-7-11-15-25)30(31-23-12-8-6-9-13-23)22-20-27(34-3)29(36-5)28(21-22)35-4/h6,8-9,12-13,16-21,25,30-31H,7,10-11,14-15H2,1-5H3. The second-order valence-electron chi connectivity index (χ2n) is 9.74. The molecule has 1 N–H and O–H groups in total. The molecule has 0 saturated heterocycles. The molecule has 0 spiro atoms. The molecule has 0 bridgehead atoms. The van der Waals surface area contributed by atoms with Crippen molar-refractivity contribution in [3.05, 3.63) is 72.3 Å². The van der Waals surface area contributed by atoms with Crippen LogP contribution < -0.4 is 29.7 Å². The van der Waals surface area contributed by atoms with Gasteiger partial charge in [-0.05, 0) is 66.9 Å². The summed E-state index contributed by atoms with van der Waals surface area (Å²) >= 11 is 0. The van der Waals surface area contributed by atoms with Crippen molar-refractivity contribution < 1.29 is 23.3 Å². The zero-order chi connectivity index (χ0) is 27.1. The average molecular weight is 539 g/mol. The smallest absolute Gasteiger partial charge is 0.258 e. The fraction of sp³-hybridized carbons (Fsp3) is 0.400. The van der Waals surface area contributed by atoms with Crippen LogP contribution >= 0.6 is 7.37 Å². The van der Waals surface area contributed by atoms with Crippen LogP contribution in [0, 0.1) is 0 Å². The molecular weight excluding hydrogens is 499 g/mol. The maximum Gasteiger partial charge on any atom is 0.258 e. The Hall–Kier alpha value is -3.15. The molecular formula is C30H39N2O5P. The first-order chi connectivity index (χ1) is 18.4. The Bertz CT molecular complexity index is 1200. The van der Waals surface area contributed by atoms with Gasteiger partial charge in [-0.25, -0.2) is 0 Å². The van der Waals surface area contributed by atoms with Crippen LogP contribution in [0.15, 0.2) is 66.7 Å². The van der Waals surface area contributed by atoms with E-state index in [1.54, 1.807) is 21.3 Å². The Kier molecular flexibility index (Phi) is 9.24. The van der Waals surface area contributed by atoms with Crippen molar-refractivity contribution in [2.45, 2.75) is 44.0 Å². The maximum absolute atomic E-state index is 15.4. The summed E-state index contributed by atoms with van der Waals surface area (Å²) in [6.45, 7) is 0. The molecule has 0 amide bonds. The zero-order valence-electron chi connectivity index (χ0n) is 23.0. The van der Waals surface area contributed by atoms with E-state index in [1.807, 2.05) is 85.7 Å². The van der Waals surface area contributed by atoms with Crippen LogP contribution in [0.2, 0.25) is 0 Å². The lowest BCUT2D eigenvalue weighted by atomic mass is 9.98. The van der Waals surface area contributed by atoms with Crippen molar-refractivity contribution in [3.8, 4) is 17.2 Å². The molecule has 1 saturated carbocycles. The SMILES string of the molecule is COc1cc(C(Nc2ccccc2)P(=O)(OC2CCCCC2)c2ccc(N(C)C)cc2)cc(OC)c1OC. The minimum atomic E-state index is -3.55. The average Bonchev–Trinajstić information content (AvgIpc) is 2.96. The molecule has 204 valence electrons. The second kappa shape index (κ2) is 12.6. The molecule has 3 aromatic rings. The fourth-order valence-corrected chi connectivity index (χ4v) is 7.56. The van der Waals surface area contributed by atoms with Gasteiger partial charge in [0.05, 0.1) is 27.4 Å². The minimum Gasteiger partial charge on any atom is -0.493 e. The summed E-state index contributed by atoms with van der Waals surface area (Å²) < 4.78 is 39.0. The molecule has 0 aromatic heterocycles. The number of ether oxygens (including phenoxy) is 3. The number of methoxy groups -OCH3 is 3. The summed E-state index contributed by atoms with van der Waals surface area (Å²) in [6, 6.07) is 21.3. The first-order valence-corrected chi connectivity index (χ1v) is 14.8. The Morgan fingerprint density at radius 1 is 0.842 bits per heavy atom.